The van der Waals surface area contributed by atoms with Gasteiger partial charge in [0.1, 0.15) is 0 Å². The first-order valence-corrected chi connectivity index (χ1v) is 8.42. The van der Waals surface area contributed by atoms with E-state index in [4.69, 9.17) is 4.74 Å². The van der Waals surface area contributed by atoms with E-state index in [0.717, 1.165) is 13.0 Å². The summed E-state index contributed by atoms with van der Waals surface area (Å²) < 4.78 is 5.15. The van der Waals surface area contributed by atoms with Crippen LogP contribution in [0, 0.1) is 6.92 Å². The first kappa shape index (κ1) is 16.8. The van der Waals surface area contributed by atoms with Crippen LogP contribution >= 0.6 is 0 Å². The number of hydrogen-bond acceptors (Lipinski definition) is 1. The maximum absolute atomic E-state index is 5.15. The van der Waals surface area contributed by atoms with E-state index in [1.165, 1.54) is 53.5 Å². The van der Waals surface area contributed by atoms with E-state index in [-0.39, 0.29) is 0 Å². The lowest BCUT2D eigenvalue weighted by molar-refractivity contribution is 0.202. The number of hydrogen-bond donors (Lipinski definition) is 0. The van der Waals surface area contributed by atoms with Gasteiger partial charge in [-0.2, -0.15) is 0 Å². The number of ether oxygens (including phenoxy) is 1. The zero-order valence-corrected chi connectivity index (χ0v) is 14.2. The second-order valence-electron chi connectivity index (χ2n) is 6.05. The molecule has 0 aliphatic carbocycles. The lowest BCUT2D eigenvalue weighted by atomic mass is 9.96. The first-order valence-electron chi connectivity index (χ1n) is 8.42. The molecule has 1 heteroatoms. The highest BCUT2D eigenvalue weighted by Gasteiger charge is 2.04. The minimum atomic E-state index is 0.783. The van der Waals surface area contributed by atoms with Crippen LogP contribution in [0.5, 0.6) is 0 Å². The largest absolute Gasteiger partial charge is 0.384 e. The molecular weight excluding hydrogens is 268 g/mol. The molecule has 0 aliphatic heterocycles. The topological polar surface area (TPSA) is 9.23 Å². The third-order valence-electron chi connectivity index (χ3n) is 4.22. The smallest absolute Gasteiger partial charge is 0.0502 e. The molecule has 0 fully saturated rings. The lowest BCUT2D eigenvalue weighted by Crippen LogP contribution is -1.95. The molecule has 0 amide bonds. The maximum atomic E-state index is 5.15. The van der Waals surface area contributed by atoms with Crippen molar-refractivity contribution in [3.05, 3.63) is 59.2 Å². The minimum Gasteiger partial charge on any atom is -0.384 e. The number of aryl methyl sites for hydroxylation is 2. The fourth-order valence-electron chi connectivity index (χ4n) is 2.86. The Labute approximate surface area is 135 Å². The van der Waals surface area contributed by atoms with Gasteiger partial charge in [-0.3, -0.25) is 0 Å². The van der Waals surface area contributed by atoms with Crippen molar-refractivity contribution in [1.82, 2.24) is 0 Å². The van der Waals surface area contributed by atoms with E-state index < -0.39 is 0 Å². The minimum absolute atomic E-state index is 0.783. The number of unbranched alkanes of at least 4 members (excludes halogenated alkanes) is 2. The Bertz CT molecular complexity index is 569. The standard InChI is InChI=1S/C21H28O/c1-4-5-6-7-18-8-11-20(12-9-18)21-13-10-19(14-15-22-3)16-17(21)2/h8-13,16H,4-7,14-15H2,1-3H3. The summed E-state index contributed by atoms with van der Waals surface area (Å²) in [6.45, 7) is 5.23. The second-order valence-corrected chi connectivity index (χ2v) is 6.05. The van der Waals surface area contributed by atoms with Gasteiger partial charge in [0.25, 0.3) is 0 Å². The summed E-state index contributed by atoms with van der Waals surface area (Å²) in [5.74, 6) is 0. The van der Waals surface area contributed by atoms with Gasteiger partial charge in [-0.1, -0.05) is 62.2 Å². The molecule has 118 valence electrons. The Kier molecular flexibility index (Phi) is 6.67. The highest BCUT2D eigenvalue weighted by Crippen LogP contribution is 2.25. The summed E-state index contributed by atoms with van der Waals surface area (Å²) in [5, 5.41) is 0. The molecule has 0 bridgehead atoms. The van der Waals surface area contributed by atoms with Crippen LogP contribution in [-0.2, 0) is 17.6 Å². The molecule has 2 rings (SSSR count). The van der Waals surface area contributed by atoms with Crippen LogP contribution in [0.4, 0.5) is 0 Å². The van der Waals surface area contributed by atoms with Crippen LogP contribution in [0.25, 0.3) is 11.1 Å². The van der Waals surface area contributed by atoms with Crippen molar-refractivity contribution in [3.63, 3.8) is 0 Å². The summed E-state index contributed by atoms with van der Waals surface area (Å²) in [5.41, 5.74) is 6.79. The van der Waals surface area contributed by atoms with Crippen LogP contribution in [0.3, 0.4) is 0 Å². The van der Waals surface area contributed by atoms with Crippen molar-refractivity contribution in [2.45, 2.75) is 46.0 Å². The lowest BCUT2D eigenvalue weighted by Gasteiger charge is -2.10. The van der Waals surface area contributed by atoms with Crippen LogP contribution < -0.4 is 0 Å². The molecule has 2 aromatic carbocycles. The van der Waals surface area contributed by atoms with E-state index in [0.29, 0.717) is 0 Å². The van der Waals surface area contributed by atoms with Crippen LogP contribution in [0.2, 0.25) is 0 Å². The SMILES string of the molecule is CCCCCc1ccc(-c2ccc(CCOC)cc2C)cc1. The Morgan fingerprint density at radius 3 is 2.23 bits per heavy atom. The number of methoxy groups -OCH3 is 1. The first-order chi connectivity index (χ1) is 10.7. The molecule has 0 N–H and O–H groups in total. The van der Waals surface area contributed by atoms with Crippen LogP contribution in [-0.4, -0.2) is 13.7 Å². The Balaban J connectivity index is 2.07. The predicted molar refractivity (Wildman–Crippen MR) is 95.4 cm³/mol. The van der Waals surface area contributed by atoms with E-state index in [1.807, 2.05) is 0 Å². The highest BCUT2D eigenvalue weighted by atomic mass is 16.5. The van der Waals surface area contributed by atoms with Gasteiger partial charge < -0.3 is 4.74 Å². The van der Waals surface area contributed by atoms with Gasteiger partial charge in [-0.25, -0.2) is 0 Å². The van der Waals surface area contributed by atoms with Gasteiger partial charge in [0, 0.05) is 7.11 Å². The summed E-state index contributed by atoms with van der Waals surface area (Å²) in [6.07, 6.45) is 6.08. The average Bonchev–Trinajstić information content (AvgIpc) is 2.54. The van der Waals surface area contributed by atoms with Crippen molar-refractivity contribution in [3.8, 4) is 11.1 Å². The third kappa shape index (κ3) is 4.71. The molecule has 0 aromatic heterocycles. The van der Waals surface area contributed by atoms with Crippen LogP contribution in [0.1, 0.15) is 42.9 Å². The quantitative estimate of drug-likeness (QED) is 0.577. The van der Waals surface area contributed by atoms with Gasteiger partial charge in [-0.05, 0) is 54.0 Å². The molecule has 0 radical (unpaired) electrons. The number of benzene rings is 2. The third-order valence-corrected chi connectivity index (χ3v) is 4.22. The average molecular weight is 296 g/mol. The summed E-state index contributed by atoms with van der Waals surface area (Å²) in [6, 6.07) is 15.8. The highest BCUT2D eigenvalue weighted by molar-refractivity contribution is 5.67. The molecule has 0 aliphatic rings. The normalized spacial score (nSPS) is 10.9. The summed E-state index contributed by atoms with van der Waals surface area (Å²) in [4.78, 5) is 0. The van der Waals surface area contributed by atoms with Gasteiger partial charge >= 0.3 is 0 Å². The van der Waals surface area contributed by atoms with Gasteiger partial charge in [-0.15, -0.1) is 0 Å². The molecule has 0 unspecified atom stereocenters. The fraction of sp³-hybridized carbons (Fsp3) is 0.429. The molecule has 22 heavy (non-hydrogen) atoms. The molecule has 0 saturated heterocycles. The zero-order valence-electron chi connectivity index (χ0n) is 14.2. The molecule has 1 nitrogen and oxygen atoms in total. The van der Waals surface area contributed by atoms with Crippen molar-refractivity contribution >= 4 is 0 Å². The van der Waals surface area contributed by atoms with Crippen molar-refractivity contribution < 1.29 is 4.74 Å². The molecule has 2 aromatic rings. The Hall–Kier alpha value is -1.60. The molecule has 0 spiro atoms. The summed E-state index contributed by atoms with van der Waals surface area (Å²) in [7, 11) is 1.75. The fourth-order valence-corrected chi connectivity index (χ4v) is 2.86. The van der Waals surface area contributed by atoms with E-state index in [2.05, 4.69) is 56.3 Å². The zero-order chi connectivity index (χ0) is 15.8. The van der Waals surface area contributed by atoms with Gasteiger partial charge in [0.2, 0.25) is 0 Å². The molecule has 0 saturated carbocycles. The molecular formula is C21H28O. The Morgan fingerprint density at radius 1 is 0.864 bits per heavy atom. The monoisotopic (exact) mass is 296 g/mol. The van der Waals surface area contributed by atoms with Crippen molar-refractivity contribution in [1.29, 1.82) is 0 Å². The predicted octanol–water partition coefficient (Wildman–Crippen LogP) is 5.58. The second kappa shape index (κ2) is 8.75. The molecule has 0 heterocycles. The van der Waals surface area contributed by atoms with Crippen LogP contribution in [0.15, 0.2) is 42.5 Å². The van der Waals surface area contributed by atoms with Gasteiger partial charge in [0.15, 0.2) is 0 Å². The van der Waals surface area contributed by atoms with Gasteiger partial charge in [0.05, 0.1) is 6.61 Å². The van der Waals surface area contributed by atoms with E-state index in [9.17, 15) is 0 Å². The summed E-state index contributed by atoms with van der Waals surface area (Å²) >= 11 is 0. The van der Waals surface area contributed by atoms with E-state index >= 15 is 0 Å². The maximum Gasteiger partial charge on any atom is 0.0502 e. The van der Waals surface area contributed by atoms with Crippen molar-refractivity contribution in [2.24, 2.45) is 0 Å². The molecule has 0 atom stereocenters. The van der Waals surface area contributed by atoms with Crippen molar-refractivity contribution in [2.75, 3.05) is 13.7 Å². The van der Waals surface area contributed by atoms with E-state index in [1.54, 1.807) is 7.11 Å². The Morgan fingerprint density at radius 2 is 1.59 bits per heavy atom. The number of rotatable bonds is 8.